The van der Waals surface area contributed by atoms with Crippen LogP contribution in [0.15, 0.2) is 46.9 Å². The van der Waals surface area contributed by atoms with Crippen LogP contribution in [0.1, 0.15) is 5.56 Å². The second kappa shape index (κ2) is 5.69. The maximum absolute atomic E-state index is 6.05. The predicted octanol–water partition coefficient (Wildman–Crippen LogP) is 4.53. The molecule has 0 aliphatic heterocycles. The summed E-state index contributed by atoms with van der Waals surface area (Å²) in [5.74, 6) is 1.14. The third-order valence-corrected chi connectivity index (χ3v) is 3.29. The van der Waals surface area contributed by atoms with Gasteiger partial charge in [0.25, 0.3) is 0 Å². The molecule has 0 atom stereocenters. The first-order chi connectivity index (χ1) is 8.58. The Hall–Kier alpha value is -1.10. The van der Waals surface area contributed by atoms with Crippen LogP contribution >= 0.6 is 39.7 Å². The van der Waals surface area contributed by atoms with Gasteiger partial charge in [0, 0.05) is 4.47 Å². The van der Waals surface area contributed by atoms with Gasteiger partial charge in [0.1, 0.15) is 16.5 Å². The summed E-state index contributed by atoms with van der Waals surface area (Å²) in [7, 11) is 0. The largest absolute Gasteiger partial charge is 0.455 e. The van der Waals surface area contributed by atoms with Gasteiger partial charge >= 0.3 is 0 Å². The molecule has 0 spiro atoms. The van der Waals surface area contributed by atoms with Crippen molar-refractivity contribution < 1.29 is 4.74 Å². The summed E-state index contributed by atoms with van der Waals surface area (Å²) in [4.78, 5) is 0.282. The number of ether oxygens (including phenoxy) is 1. The normalized spacial score (nSPS) is 10.1. The Balaban J connectivity index is 2.42. The minimum Gasteiger partial charge on any atom is -0.455 e. The fourth-order valence-corrected chi connectivity index (χ4v) is 2.11. The van der Waals surface area contributed by atoms with Gasteiger partial charge in [-0.05, 0) is 30.3 Å². The van der Waals surface area contributed by atoms with Crippen molar-refractivity contribution in [3.63, 3.8) is 0 Å². The van der Waals surface area contributed by atoms with Crippen LogP contribution < -0.4 is 10.5 Å². The van der Waals surface area contributed by atoms with Gasteiger partial charge in [-0.1, -0.05) is 51.9 Å². The lowest BCUT2D eigenvalue weighted by Crippen LogP contribution is -2.10. The number of nitrogens with two attached hydrogens (primary N) is 1. The SMILES string of the molecule is NC(=S)c1ccc(Br)cc1Oc1ccccc1Cl. The molecule has 0 fully saturated rings. The van der Waals surface area contributed by atoms with Crippen LogP contribution in [0, 0.1) is 0 Å². The van der Waals surface area contributed by atoms with E-state index in [1.807, 2.05) is 18.2 Å². The summed E-state index contributed by atoms with van der Waals surface area (Å²) in [6, 6.07) is 12.7. The minimum absolute atomic E-state index is 0.282. The topological polar surface area (TPSA) is 35.2 Å². The van der Waals surface area contributed by atoms with Crippen molar-refractivity contribution in [2.75, 3.05) is 0 Å². The van der Waals surface area contributed by atoms with E-state index >= 15 is 0 Å². The monoisotopic (exact) mass is 341 g/mol. The van der Waals surface area contributed by atoms with Crippen molar-refractivity contribution in [3.8, 4) is 11.5 Å². The second-order valence-electron chi connectivity index (χ2n) is 3.54. The molecule has 0 heterocycles. The van der Waals surface area contributed by atoms with Crippen molar-refractivity contribution in [3.05, 3.63) is 57.5 Å². The molecule has 18 heavy (non-hydrogen) atoms. The van der Waals surface area contributed by atoms with Crippen LogP contribution in [0.25, 0.3) is 0 Å². The summed E-state index contributed by atoms with van der Waals surface area (Å²) in [5, 5.41) is 0.534. The molecule has 0 radical (unpaired) electrons. The van der Waals surface area contributed by atoms with Crippen molar-refractivity contribution >= 4 is 44.7 Å². The smallest absolute Gasteiger partial charge is 0.146 e. The van der Waals surface area contributed by atoms with Gasteiger partial charge in [-0.3, -0.25) is 0 Å². The molecule has 2 aromatic rings. The molecule has 0 saturated carbocycles. The molecule has 0 unspecified atom stereocenters. The van der Waals surface area contributed by atoms with Gasteiger partial charge in [-0.25, -0.2) is 0 Å². The lowest BCUT2D eigenvalue weighted by Gasteiger charge is -2.11. The molecule has 5 heteroatoms. The fraction of sp³-hybridized carbons (Fsp3) is 0. The molecule has 0 aromatic heterocycles. The fourth-order valence-electron chi connectivity index (χ4n) is 1.43. The Morgan fingerprint density at radius 1 is 1.17 bits per heavy atom. The summed E-state index contributed by atoms with van der Waals surface area (Å²) < 4.78 is 6.63. The minimum atomic E-state index is 0.282. The first-order valence-corrected chi connectivity index (χ1v) is 6.67. The van der Waals surface area contributed by atoms with E-state index in [0.717, 1.165) is 4.47 Å². The van der Waals surface area contributed by atoms with Crippen molar-refractivity contribution in [1.29, 1.82) is 0 Å². The van der Waals surface area contributed by atoms with E-state index in [9.17, 15) is 0 Å². The molecule has 0 aliphatic carbocycles. The lowest BCUT2D eigenvalue weighted by atomic mass is 10.2. The molecule has 0 aliphatic rings. The molecule has 0 bridgehead atoms. The highest BCUT2D eigenvalue weighted by Crippen LogP contribution is 2.32. The zero-order valence-electron chi connectivity index (χ0n) is 9.19. The summed E-state index contributed by atoms with van der Waals surface area (Å²) in [6.45, 7) is 0. The number of para-hydroxylation sites is 1. The Morgan fingerprint density at radius 2 is 1.89 bits per heavy atom. The van der Waals surface area contributed by atoms with Crippen LogP contribution in [0.2, 0.25) is 5.02 Å². The highest BCUT2D eigenvalue weighted by molar-refractivity contribution is 9.10. The summed E-state index contributed by atoms with van der Waals surface area (Å²) in [5.41, 5.74) is 6.33. The van der Waals surface area contributed by atoms with Gasteiger partial charge < -0.3 is 10.5 Å². The summed E-state index contributed by atoms with van der Waals surface area (Å²) in [6.07, 6.45) is 0. The van der Waals surface area contributed by atoms with Gasteiger partial charge in [0.05, 0.1) is 10.6 Å². The van der Waals surface area contributed by atoms with E-state index in [1.165, 1.54) is 0 Å². The van der Waals surface area contributed by atoms with Gasteiger partial charge in [-0.15, -0.1) is 0 Å². The van der Waals surface area contributed by atoms with Crippen molar-refractivity contribution in [1.82, 2.24) is 0 Å². The average Bonchev–Trinajstić information content (AvgIpc) is 2.32. The number of thiocarbonyl (C=S) groups is 1. The van der Waals surface area contributed by atoms with E-state index < -0.39 is 0 Å². The first kappa shape index (κ1) is 13.3. The van der Waals surface area contributed by atoms with Crippen LogP contribution in [-0.4, -0.2) is 4.99 Å². The first-order valence-electron chi connectivity index (χ1n) is 5.09. The Kier molecular flexibility index (Phi) is 4.22. The second-order valence-corrected chi connectivity index (χ2v) is 5.30. The molecular formula is C13H9BrClNOS. The van der Waals surface area contributed by atoms with E-state index in [2.05, 4.69) is 15.9 Å². The van der Waals surface area contributed by atoms with E-state index in [0.29, 0.717) is 22.1 Å². The maximum atomic E-state index is 6.05. The molecule has 2 nitrogen and oxygen atoms in total. The molecular weight excluding hydrogens is 334 g/mol. The Bertz CT molecular complexity index is 603. The Morgan fingerprint density at radius 3 is 2.56 bits per heavy atom. The Labute approximate surface area is 124 Å². The lowest BCUT2D eigenvalue weighted by molar-refractivity contribution is 0.481. The summed E-state index contributed by atoms with van der Waals surface area (Å²) >= 11 is 14.4. The van der Waals surface area contributed by atoms with Crippen molar-refractivity contribution in [2.24, 2.45) is 5.73 Å². The van der Waals surface area contributed by atoms with E-state index in [4.69, 9.17) is 34.3 Å². The van der Waals surface area contributed by atoms with Crippen LogP contribution in [0.5, 0.6) is 11.5 Å². The van der Waals surface area contributed by atoms with E-state index in [-0.39, 0.29) is 4.99 Å². The molecule has 2 rings (SSSR count). The zero-order valence-corrected chi connectivity index (χ0v) is 12.3. The molecule has 2 aromatic carbocycles. The highest BCUT2D eigenvalue weighted by Gasteiger charge is 2.10. The number of hydrogen-bond donors (Lipinski definition) is 1. The number of rotatable bonds is 3. The van der Waals surface area contributed by atoms with Crippen LogP contribution in [0.3, 0.4) is 0 Å². The molecule has 0 saturated heterocycles. The third-order valence-electron chi connectivity index (χ3n) is 2.27. The standard InChI is InChI=1S/C13H9BrClNOS/c14-8-5-6-9(13(16)18)12(7-8)17-11-4-2-1-3-10(11)15/h1-7H,(H2,16,18). The highest BCUT2D eigenvalue weighted by atomic mass is 79.9. The predicted molar refractivity (Wildman–Crippen MR) is 81.6 cm³/mol. The number of benzene rings is 2. The van der Waals surface area contributed by atoms with E-state index in [1.54, 1.807) is 24.3 Å². The zero-order chi connectivity index (χ0) is 13.1. The maximum Gasteiger partial charge on any atom is 0.146 e. The molecule has 0 amide bonds. The molecule has 92 valence electrons. The van der Waals surface area contributed by atoms with Gasteiger partial charge in [0.15, 0.2) is 0 Å². The molecule has 2 N–H and O–H groups in total. The third kappa shape index (κ3) is 3.02. The number of hydrogen-bond acceptors (Lipinski definition) is 2. The quantitative estimate of drug-likeness (QED) is 0.832. The van der Waals surface area contributed by atoms with Crippen molar-refractivity contribution in [2.45, 2.75) is 0 Å². The number of halogens is 2. The van der Waals surface area contributed by atoms with Crippen LogP contribution in [0.4, 0.5) is 0 Å². The van der Waals surface area contributed by atoms with Gasteiger partial charge in [-0.2, -0.15) is 0 Å². The van der Waals surface area contributed by atoms with Crippen LogP contribution in [-0.2, 0) is 0 Å². The van der Waals surface area contributed by atoms with Gasteiger partial charge in [0.2, 0.25) is 0 Å². The average molecular weight is 343 g/mol.